The molecule has 2 aromatic carbocycles. The first-order valence-electron chi connectivity index (χ1n) is 10.6. The van der Waals surface area contributed by atoms with Crippen LogP contribution in [0.3, 0.4) is 0 Å². The largest absolute Gasteiger partial charge is 0.478 e. The highest BCUT2D eigenvalue weighted by atomic mass is 16.4. The van der Waals surface area contributed by atoms with E-state index in [1.807, 2.05) is 0 Å². The molecule has 0 radical (unpaired) electrons. The Morgan fingerprint density at radius 3 is 2.10 bits per heavy atom. The standard InChI is InChI=1S/C24H24N2O4/c27-21(16-6-1-7-17(13-16)22(28)29)26-24(10-11-24)23(30)25-20-18-8-2-4-14(18)12-15-5-3-9-19(15)20/h1,6-7,12-13H,2-5,8-11H2,(H,25,30)(H,26,27)(H,28,29). The van der Waals surface area contributed by atoms with Crippen LogP contribution in [0.1, 0.15) is 68.7 Å². The summed E-state index contributed by atoms with van der Waals surface area (Å²) in [5.74, 6) is -1.68. The van der Waals surface area contributed by atoms with Gasteiger partial charge in [-0.05, 0) is 91.8 Å². The SMILES string of the molecule is O=C(O)c1cccc(C(=O)NC2(C(=O)Nc3c4c(cc5c3CCC5)CCC4)CC2)c1. The second-order valence-electron chi connectivity index (χ2n) is 8.61. The van der Waals surface area contributed by atoms with E-state index < -0.39 is 17.4 Å². The van der Waals surface area contributed by atoms with Gasteiger partial charge in [0.05, 0.1) is 5.56 Å². The van der Waals surface area contributed by atoms with Crippen LogP contribution < -0.4 is 10.6 Å². The maximum atomic E-state index is 13.2. The van der Waals surface area contributed by atoms with Crippen LogP contribution in [0.25, 0.3) is 0 Å². The zero-order chi connectivity index (χ0) is 20.9. The van der Waals surface area contributed by atoms with Crippen LogP contribution in [0.5, 0.6) is 0 Å². The topological polar surface area (TPSA) is 95.5 Å². The van der Waals surface area contributed by atoms with Gasteiger partial charge in [-0.2, -0.15) is 0 Å². The molecule has 0 bridgehead atoms. The first-order chi connectivity index (χ1) is 14.5. The van der Waals surface area contributed by atoms with Crippen LogP contribution >= 0.6 is 0 Å². The summed E-state index contributed by atoms with van der Waals surface area (Å²) in [4.78, 5) is 37.1. The molecular weight excluding hydrogens is 380 g/mol. The number of hydrogen-bond acceptors (Lipinski definition) is 3. The number of amides is 2. The average Bonchev–Trinajstić information content (AvgIpc) is 3.13. The predicted octanol–water partition coefficient (Wildman–Crippen LogP) is 3.26. The van der Waals surface area contributed by atoms with Gasteiger partial charge in [0.1, 0.15) is 5.54 Å². The third kappa shape index (κ3) is 3.16. The van der Waals surface area contributed by atoms with Gasteiger partial charge in [0.15, 0.2) is 0 Å². The van der Waals surface area contributed by atoms with Gasteiger partial charge in [-0.15, -0.1) is 0 Å². The monoisotopic (exact) mass is 404 g/mol. The Kier molecular flexibility index (Phi) is 4.38. The number of carboxylic acids is 1. The van der Waals surface area contributed by atoms with E-state index in [4.69, 9.17) is 5.11 Å². The number of carboxylic acid groups (broad SMARTS) is 1. The minimum atomic E-state index is -1.09. The number of carbonyl (C=O) groups is 3. The lowest BCUT2D eigenvalue weighted by atomic mass is 9.98. The van der Waals surface area contributed by atoms with Crippen LogP contribution in [-0.2, 0) is 30.5 Å². The molecule has 0 spiro atoms. The molecule has 3 aliphatic carbocycles. The number of aromatic carboxylic acids is 1. The van der Waals surface area contributed by atoms with E-state index in [0.717, 1.165) is 44.2 Å². The maximum absolute atomic E-state index is 13.2. The summed E-state index contributed by atoms with van der Waals surface area (Å²) in [6, 6.07) is 8.20. The van der Waals surface area contributed by atoms with E-state index in [-0.39, 0.29) is 17.0 Å². The van der Waals surface area contributed by atoms with Crippen molar-refractivity contribution >= 4 is 23.5 Å². The molecule has 3 N–H and O–H groups in total. The number of rotatable bonds is 5. The lowest BCUT2D eigenvalue weighted by molar-refractivity contribution is -0.118. The molecule has 0 aromatic heterocycles. The summed E-state index contributed by atoms with van der Waals surface area (Å²) in [5, 5.41) is 15.2. The molecule has 5 rings (SSSR count). The number of fused-ring (bicyclic) bond motifs is 2. The smallest absolute Gasteiger partial charge is 0.335 e. The second kappa shape index (κ2) is 6.97. The zero-order valence-electron chi connectivity index (χ0n) is 16.7. The van der Waals surface area contributed by atoms with Crippen LogP contribution in [0.2, 0.25) is 0 Å². The van der Waals surface area contributed by atoms with Crippen molar-refractivity contribution in [3.8, 4) is 0 Å². The first-order valence-corrected chi connectivity index (χ1v) is 10.6. The van der Waals surface area contributed by atoms with Crippen LogP contribution in [0.15, 0.2) is 30.3 Å². The molecule has 2 aromatic rings. The molecule has 1 fully saturated rings. The molecule has 6 nitrogen and oxygen atoms in total. The summed E-state index contributed by atoms with van der Waals surface area (Å²) in [6.07, 6.45) is 7.49. The third-order valence-electron chi connectivity index (χ3n) is 6.62. The van der Waals surface area contributed by atoms with Crippen LogP contribution in [-0.4, -0.2) is 28.4 Å². The summed E-state index contributed by atoms with van der Waals surface area (Å²) in [5.41, 5.74) is 5.60. The van der Waals surface area contributed by atoms with E-state index >= 15 is 0 Å². The van der Waals surface area contributed by atoms with Gasteiger partial charge in [-0.1, -0.05) is 12.1 Å². The Balaban J connectivity index is 1.37. The molecule has 0 atom stereocenters. The third-order valence-corrected chi connectivity index (χ3v) is 6.62. The summed E-state index contributed by atoms with van der Waals surface area (Å²) in [7, 11) is 0. The van der Waals surface area contributed by atoms with Crippen molar-refractivity contribution in [2.24, 2.45) is 0 Å². The van der Waals surface area contributed by atoms with Gasteiger partial charge >= 0.3 is 5.97 Å². The van der Waals surface area contributed by atoms with E-state index in [9.17, 15) is 14.4 Å². The predicted molar refractivity (Wildman–Crippen MR) is 112 cm³/mol. The molecule has 1 saturated carbocycles. The van der Waals surface area contributed by atoms with Gasteiger partial charge < -0.3 is 15.7 Å². The Bertz CT molecular complexity index is 1050. The van der Waals surface area contributed by atoms with Gasteiger partial charge in [0, 0.05) is 11.3 Å². The molecule has 6 heteroatoms. The summed E-state index contributed by atoms with van der Waals surface area (Å²) in [6.45, 7) is 0. The normalized spacial score (nSPS) is 17.7. The number of anilines is 1. The fraction of sp³-hybridized carbons (Fsp3) is 0.375. The molecule has 0 saturated heterocycles. The van der Waals surface area contributed by atoms with Gasteiger partial charge in [0.25, 0.3) is 5.91 Å². The van der Waals surface area contributed by atoms with E-state index in [2.05, 4.69) is 16.7 Å². The minimum Gasteiger partial charge on any atom is -0.478 e. The minimum absolute atomic E-state index is 0.0485. The van der Waals surface area contributed by atoms with Gasteiger partial charge in [-0.3, -0.25) is 9.59 Å². The number of carbonyl (C=O) groups excluding carboxylic acids is 2. The Hall–Kier alpha value is -3.15. The number of hydrogen-bond donors (Lipinski definition) is 3. The molecule has 2 amide bonds. The highest BCUT2D eigenvalue weighted by Gasteiger charge is 2.51. The van der Waals surface area contributed by atoms with E-state index in [1.54, 1.807) is 6.07 Å². The Morgan fingerprint density at radius 2 is 1.50 bits per heavy atom. The van der Waals surface area contributed by atoms with Gasteiger partial charge in [-0.25, -0.2) is 4.79 Å². The average molecular weight is 404 g/mol. The highest BCUT2D eigenvalue weighted by molar-refractivity contribution is 6.06. The van der Waals surface area contributed by atoms with Crippen LogP contribution in [0.4, 0.5) is 5.69 Å². The van der Waals surface area contributed by atoms with Crippen LogP contribution in [0, 0.1) is 0 Å². The molecular formula is C24H24N2O4. The number of nitrogens with one attached hydrogen (secondary N) is 2. The number of aryl methyl sites for hydroxylation is 2. The lowest BCUT2D eigenvalue weighted by Gasteiger charge is -2.21. The fourth-order valence-corrected chi connectivity index (χ4v) is 4.82. The number of benzene rings is 2. The van der Waals surface area contributed by atoms with Crippen molar-refractivity contribution in [3.63, 3.8) is 0 Å². The first kappa shape index (κ1) is 18.9. The van der Waals surface area contributed by atoms with Crippen molar-refractivity contribution in [2.75, 3.05) is 5.32 Å². The van der Waals surface area contributed by atoms with Crippen molar-refractivity contribution in [1.29, 1.82) is 0 Å². The molecule has 154 valence electrons. The molecule has 0 heterocycles. The van der Waals surface area contributed by atoms with Crippen molar-refractivity contribution in [3.05, 3.63) is 63.7 Å². The van der Waals surface area contributed by atoms with Gasteiger partial charge in [0.2, 0.25) is 5.91 Å². The molecule has 0 aliphatic heterocycles. The second-order valence-corrected chi connectivity index (χ2v) is 8.61. The highest BCUT2D eigenvalue weighted by Crippen LogP contribution is 2.41. The fourth-order valence-electron chi connectivity index (χ4n) is 4.82. The van der Waals surface area contributed by atoms with Crippen molar-refractivity contribution < 1.29 is 19.5 Å². The summed E-state index contributed by atoms with van der Waals surface area (Å²) < 4.78 is 0. The van der Waals surface area contributed by atoms with Crippen molar-refractivity contribution in [2.45, 2.75) is 56.9 Å². The summed E-state index contributed by atoms with van der Waals surface area (Å²) >= 11 is 0. The Morgan fingerprint density at radius 1 is 0.867 bits per heavy atom. The van der Waals surface area contributed by atoms with Crippen molar-refractivity contribution in [1.82, 2.24) is 5.32 Å². The maximum Gasteiger partial charge on any atom is 0.335 e. The molecule has 30 heavy (non-hydrogen) atoms. The lowest BCUT2D eigenvalue weighted by Crippen LogP contribution is -2.46. The van der Waals surface area contributed by atoms with E-state index in [0.29, 0.717) is 12.8 Å². The quantitative estimate of drug-likeness (QED) is 0.713. The Labute approximate surface area is 174 Å². The molecule has 0 unspecified atom stereocenters. The zero-order valence-corrected chi connectivity index (χ0v) is 16.7. The van der Waals surface area contributed by atoms with E-state index in [1.165, 1.54) is 40.5 Å². The molecule has 3 aliphatic rings.